The Morgan fingerprint density at radius 2 is 1.52 bits per heavy atom. The molecule has 0 bridgehead atoms. The van der Waals surface area contributed by atoms with Crippen LogP contribution < -0.4 is 5.32 Å². The van der Waals surface area contributed by atoms with Gasteiger partial charge in [0.05, 0.1) is 5.60 Å². The summed E-state index contributed by atoms with van der Waals surface area (Å²) in [6.45, 7) is 8.32. The molecule has 1 aliphatic rings. The number of rotatable bonds is 6. The van der Waals surface area contributed by atoms with Crippen molar-refractivity contribution in [2.45, 2.75) is 50.8 Å². The lowest BCUT2D eigenvalue weighted by Crippen LogP contribution is -2.58. The SMILES string of the molecule is C=CCC1(O)C(C)C(c2ccccc2)NC(c2ccccc2)C1CCC.Cl. The van der Waals surface area contributed by atoms with Crippen LogP contribution in [-0.4, -0.2) is 10.7 Å². The quantitative estimate of drug-likeness (QED) is 0.611. The molecule has 2 aromatic rings. The molecule has 2 nitrogen and oxygen atoms in total. The van der Waals surface area contributed by atoms with Gasteiger partial charge in [-0.05, 0) is 24.0 Å². The summed E-state index contributed by atoms with van der Waals surface area (Å²) >= 11 is 0. The maximum absolute atomic E-state index is 11.9. The van der Waals surface area contributed by atoms with Crippen molar-refractivity contribution in [3.05, 3.63) is 84.4 Å². The summed E-state index contributed by atoms with van der Waals surface area (Å²) in [6.07, 6.45) is 4.54. The van der Waals surface area contributed by atoms with Crippen LogP contribution in [0.1, 0.15) is 56.3 Å². The van der Waals surface area contributed by atoms with Gasteiger partial charge in [0.25, 0.3) is 0 Å². The first-order valence-corrected chi connectivity index (χ1v) is 9.81. The van der Waals surface area contributed by atoms with Crippen LogP contribution in [0.4, 0.5) is 0 Å². The number of hydrogen-bond donors (Lipinski definition) is 2. The summed E-state index contributed by atoms with van der Waals surface area (Å²) in [5.74, 6) is 0.252. The molecule has 1 aliphatic heterocycles. The highest BCUT2D eigenvalue weighted by Gasteiger charge is 2.51. The van der Waals surface area contributed by atoms with Gasteiger partial charge in [0, 0.05) is 23.9 Å². The molecule has 2 aromatic carbocycles. The third-order valence-electron chi connectivity index (χ3n) is 6.08. The number of aliphatic hydroxyl groups is 1. The van der Waals surface area contributed by atoms with Crippen molar-refractivity contribution in [3.8, 4) is 0 Å². The van der Waals surface area contributed by atoms with E-state index in [2.05, 4.69) is 74.3 Å². The number of benzene rings is 2. The zero-order valence-corrected chi connectivity index (χ0v) is 17.2. The molecule has 1 fully saturated rings. The molecule has 0 aromatic heterocycles. The normalized spacial score (nSPS) is 30.3. The Hall–Kier alpha value is -1.61. The molecule has 5 unspecified atom stereocenters. The van der Waals surface area contributed by atoms with Gasteiger partial charge >= 0.3 is 0 Å². The molecule has 2 N–H and O–H groups in total. The first-order valence-electron chi connectivity index (χ1n) is 9.81. The van der Waals surface area contributed by atoms with E-state index in [0.717, 1.165) is 12.8 Å². The Kier molecular flexibility index (Phi) is 7.67. The van der Waals surface area contributed by atoms with Gasteiger partial charge in [-0.25, -0.2) is 0 Å². The smallest absolute Gasteiger partial charge is 0.0771 e. The van der Waals surface area contributed by atoms with Gasteiger partial charge in [0.2, 0.25) is 0 Å². The largest absolute Gasteiger partial charge is 0.389 e. The molecule has 0 aliphatic carbocycles. The molecule has 0 radical (unpaired) electrons. The molecule has 1 saturated heterocycles. The number of nitrogens with one attached hydrogen (secondary N) is 1. The van der Waals surface area contributed by atoms with Crippen molar-refractivity contribution in [1.82, 2.24) is 5.32 Å². The van der Waals surface area contributed by atoms with E-state index in [0.29, 0.717) is 6.42 Å². The van der Waals surface area contributed by atoms with Gasteiger partial charge in [-0.3, -0.25) is 0 Å². The van der Waals surface area contributed by atoms with Crippen molar-refractivity contribution >= 4 is 12.4 Å². The molecule has 0 amide bonds. The van der Waals surface area contributed by atoms with Crippen LogP contribution >= 0.6 is 12.4 Å². The molecule has 146 valence electrons. The van der Waals surface area contributed by atoms with Crippen molar-refractivity contribution in [1.29, 1.82) is 0 Å². The molecular weight excluding hydrogens is 354 g/mol. The summed E-state index contributed by atoms with van der Waals surface area (Å²) in [6, 6.07) is 21.3. The minimum Gasteiger partial charge on any atom is -0.389 e. The van der Waals surface area contributed by atoms with Gasteiger partial charge in [-0.15, -0.1) is 19.0 Å². The van der Waals surface area contributed by atoms with E-state index >= 15 is 0 Å². The Balaban J connectivity index is 0.00000261. The molecular formula is C24H32ClNO. The predicted octanol–water partition coefficient (Wildman–Crippen LogP) is 5.85. The standard InChI is InChI=1S/C24H31NO.ClH/c1-4-12-21-23(20-15-10-7-11-16-20)25-22(19-13-8-6-9-14-19)18(3)24(21,26)17-5-2;/h5-11,13-16,18,21-23,25-26H,2,4,12,17H2,1,3H3;1H. The average Bonchev–Trinajstić information content (AvgIpc) is 2.68. The molecule has 0 spiro atoms. The summed E-state index contributed by atoms with van der Waals surface area (Å²) < 4.78 is 0. The molecule has 5 atom stereocenters. The summed E-state index contributed by atoms with van der Waals surface area (Å²) in [5.41, 5.74) is 1.71. The highest BCUT2D eigenvalue weighted by atomic mass is 35.5. The Labute approximate surface area is 170 Å². The van der Waals surface area contributed by atoms with Crippen LogP contribution in [-0.2, 0) is 0 Å². The summed E-state index contributed by atoms with van der Waals surface area (Å²) in [5, 5.41) is 15.8. The van der Waals surface area contributed by atoms with Gasteiger partial charge in [-0.2, -0.15) is 0 Å². The number of hydrogen-bond acceptors (Lipinski definition) is 2. The highest BCUT2D eigenvalue weighted by Crippen LogP contribution is 2.50. The second-order valence-electron chi connectivity index (χ2n) is 7.61. The van der Waals surface area contributed by atoms with Crippen molar-refractivity contribution in [2.75, 3.05) is 0 Å². The zero-order chi connectivity index (χ0) is 18.6. The predicted molar refractivity (Wildman–Crippen MR) is 116 cm³/mol. The second-order valence-corrected chi connectivity index (χ2v) is 7.61. The van der Waals surface area contributed by atoms with E-state index in [1.165, 1.54) is 11.1 Å². The lowest BCUT2D eigenvalue weighted by molar-refractivity contribution is -0.117. The van der Waals surface area contributed by atoms with Crippen LogP contribution in [0.5, 0.6) is 0 Å². The van der Waals surface area contributed by atoms with Crippen molar-refractivity contribution in [3.63, 3.8) is 0 Å². The number of halogens is 1. The molecule has 0 saturated carbocycles. The van der Waals surface area contributed by atoms with Gasteiger partial charge in [0.1, 0.15) is 0 Å². The summed E-state index contributed by atoms with van der Waals surface area (Å²) in [7, 11) is 0. The number of piperidine rings is 1. The van der Waals surface area contributed by atoms with Crippen molar-refractivity contribution in [2.24, 2.45) is 11.8 Å². The van der Waals surface area contributed by atoms with E-state index in [1.54, 1.807) is 0 Å². The van der Waals surface area contributed by atoms with E-state index < -0.39 is 5.60 Å². The third-order valence-corrected chi connectivity index (χ3v) is 6.08. The zero-order valence-electron chi connectivity index (χ0n) is 16.3. The first-order chi connectivity index (χ1) is 12.6. The highest BCUT2D eigenvalue weighted by molar-refractivity contribution is 5.85. The Morgan fingerprint density at radius 3 is 2.00 bits per heavy atom. The van der Waals surface area contributed by atoms with Gasteiger partial charge < -0.3 is 10.4 Å². The molecule has 27 heavy (non-hydrogen) atoms. The fraction of sp³-hybridized carbons (Fsp3) is 0.417. The lowest BCUT2D eigenvalue weighted by atomic mass is 9.63. The monoisotopic (exact) mass is 385 g/mol. The average molecular weight is 386 g/mol. The van der Waals surface area contributed by atoms with Gasteiger partial charge in [-0.1, -0.05) is 87.0 Å². The van der Waals surface area contributed by atoms with E-state index in [4.69, 9.17) is 0 Å². The minimum atomic E-state index is -0.774. The molecule has 3 rings (SSSR count). The lowest BCUT2D eigenvalue weighted by Gasteiger charge is -2.53. The van der Waals surface area contributed by atoms with E-state index in [-0.39, 0.29) is 36.3 Å². The van der Waals surface area contributed by atoms with Crippen LogP contribution in [0.15, 0.2) is 73.3 Å². The summed E-state index contributed by atoms with van der Waals surface area (Å²) in [4.78, 5) is 0. The van der Waals surface area contributed by atoms with Crippen LogP contribution in [0.3, 0.4) is 0 Å². The molecule has 1 heterocycles. The van der Waals surface area contributed by atoms with Crippen molar-refractivity contribution < 1.29 is 5.11 Å². The topological polar surface area (TPSA) is 32.3 Å². The minimum absolute atomic E-state index is 0. The fourth-order valence-corrected chi connectivity index (χ4v) is 4.70. The van der Waals surface area contributed by atoms with Crippen LogP contribution in [0.2, 0.25) is 0 Å². The van der Waals surface area contributed by atoms with E-state index in [9.17, 15) is 5.11 Å². The maximum Gasteiger partial charge on any atom is 0.0771 e. The first kappa shape index (κ1) is 21.7. The Bertz CT molecular complexity index is 705. The van der Waals surface area contributed by atoms with Crippen LogP contribution in [0.25, 0.3) is 0 Å². The second kappa shape index (κ2) is 9.54. The van der Waals surface area contributed by atoms with Gasteiger partial charge in [0.15, 0.2) is 0 Å². The fourth-order valence-electron chi connectivity index (χ4n) is 4.70. The third kappa shape index (κ3) is 4.29. The molecule has 3 heteroatoms. The van der Waals surface area contributed by atoms with Crippen LogP contribution in [0, 0.1) is 11.8 Å². The Morgan fingerprint density at radius 1 is 1.00 bits per heavy atom. The maximum atomic E-state index is 11.9. The van der Waals surface area contributed by atoms with E-state index in [1.807, 2.05) is 18.2 Å².